The van der Waals surface area contributed by atoms with Gasteiger partial charge in [-0.3, -0.25) is 9.00 Å². The molecule has 0 saturated heterocycles. The van der Waals surface area contributed by atoms with E-state index in [0.717, 1.165) is 10.9 Å². The first-order valence-electron chi connectivity index (χ1n) is 9.89. The lowest BCUT2D eigenvalue weighted by Gasteiger charge is -2.26. The SMILES string of the molecule is CN(CC(CCO)c1ccc(Cl)c(Cl)c1)C(=O)c1c(S(C)=O)c(C#N)cc2ccccc12. The number of aliphatic hydroxyl groups excluding tert-OH is 1. The number of hydrogen-bond acceptors (Lipinski definition) is 4. The van der Waals surface area contributed by atoms with Crippen molar-refractivity contribution in [2.24, 2.45) is 0 Å². The first kappa shape index (κ1) is 24.2. The van der Waals surface area contributed by atoms with Gasteiger partial charge in [-0.05, 0) is 41.0 Å². The van der Waals surface area contributed by atoms with Gasteiger partial charge in [0.2, 0.25) is 0 Å². The van der Waals surface area contributed by atoms with Crippen molar-refractivity contribution < 1.29 is 14.1 Å². The molecule has 0 aromatic heterocycles. The van der Waals surface area contributed by atoms with Crippen LogP contribution in [0.15, 0.2) is 53.4 Å². The van der Waals surface area contributed by atoms with Gasteiger partial charge in [0, 0.05) is 32.4 Å². The Morgan fingerprint density at radius 1 is 1.19 bits per heavy atom. The van der Waals surface area contributed by atoms with Crippen LogP contribution < -0.4 is 0 Å². The summed E-state index contributed by atoms with van der Waals surface area (Å²) < 4.78 is 12.6. The number of amides is 1. The Labute approximate surface area is 199 Å². The molecule has 0 saturated carbocycles. The van der Waals surface area contributed by atoms with Crippen LogP contribution in [0, 0.1) is 11.3 Å². The van der Waals surface area contributed by atoms with Crippen LogP contribution in [-0.4, -0.2) is 46.6 Å². The quantitative estimate of drug-likeness (QED) is 0.507. The fraction of sp³-hybridized carbons (Fsp3) is 0.250. The Balaban J connectivity index is 2.05. The van der Waals surface area contributed by atoms with Crippen molar-refractivity contribution in [3.63, 3.8) is 0 Å². The molecule has 0 aliphatic carbocycles. The van der Waals surface area contributed by atoms with Crippen molar-refractivity contribution in [2.45, 2.75) is 17.2 Å². The predicted octanol–water partition coefficient (Wildman–Crippen LogP) is 4.99. The maximum absolute atomic E-state index is 13.6. The molecule has 3 aromatic carbocycles. The predicted molar refractivity (Wildman–Crippen MR) is 129 cm³/mol. The zero-order chi connectivity index (χ0) is 23.4. The van der Waals surface area contributed by atoms with Gasteiger partial charge in [0.1, 0.15) is 6.07 Å². The molecule has 166 valence electrons. The molecule has 3 rings (SSSR count). The van der Waals surface area contributed by atoms with Gasteiger partial charge in [0.25, 0.3) is 5.91 Å². The third-order valence-corrected chi connectivity index (χ3v) is 7.09. The van der Waals surface area contributed by atoms with Crippen molar-refractivity contribution in [1.29, 1.82) is 5.26 Å². The molecule has 0 aliphatic rings. The van der Waals surface area contributed by atoms with Crippen molar-refractivity contribution in [2.75, 3.05) is 26.5 Å². The third kappa shape index (κ3) is 4.97. The molecule has 0 spiro atoms. The minimum atomic E-state index is -1.54. The van der Waals surface area contributed by atoms with E-state index in [4.69, 9.17) is 23.2 Å². The van der Waals surface area contributed by atoms with Gasteiger partial charge in [0.15, 0.2) is 0 Å². The largest absolute Gasteiger partial charge is 0.396 e. The summed E-state index contributed by atoms with van der Waals surface area (Å²) in [6.07, 6.45) is 1.88. The Bertz CT molecular complexity index is 1240. The number of nitrogens with zero attached hydrogens (tertiary/aromatic N) is 2. The molecule has 5 nitrogen and oxygen atoms in total. The standard InChI is InChI=1S/C24H22Cl2N2O3S/c1-28(14-17(9-10-29)15-7-8-20(25)21(26)12-15)24(30)22-19-6-4-3-5-16(19)11-18(13-27)23(22)32(2)31/h3-8,11-12,17,29H,9-10,14H2,1-2H3. The Kier molecular flexibility index (Phi) is 7.91. The van der Waals surface area contributed by atoms with Crippen LogP contribution in [0.5, 0.6) is 0 Å². The first-order valence-corrected chi connectivity index (χ1v) is 12.2. The molecule has 0 bridgehead atoms. The van der Waals surface area contributed by atoms with Crippen LogP contribution in [0.3, 0.4) is 0 Å². The summed E-state index contributed by atoms with van der Waals surface area (Å²) in [4.78, 5) is 15.4. The Hall–Kier alpha value is -2.43. The average Bonchev–Trinajstić information content (AvgIpc) is 2.78. The van der Waals surface area contributed by atoms with Crippen LogP contribution in [-0.2, 0) is 10.8 Å². The minimum absolute atomic E-state index is 0.0655. The molecule has 8 heteroatoms. The summed E-state index contributed by atoms with van der Waals surface area (Å²) in [6, 6.07) is 16.2. The van der Waals surface area contributed by atoms with E-state index >= 15 is 0 Å². The fourth-order valence-corrected chi connectivity index (χ4v) is 5.02. The van der Waals surface area contributed by atoms with Gasteiger partial charge in [0.05, 0.1) is 36.9 Å². The van der Waals surface area contributed by atoms with E-state index in [1.165, 1.54) is 11.2 Å². The number of carbonyl (C=O) groups is 1. The molecule has 1 amide bonds. The lowest BCUT2D eigenvalue weighted by atomic mass is 9.94. The molecule has 0 aliphatic heterocycles. The highest BCUT2D eigenvalue weighted by Crippen LogP contribution is 2.31. The van der Waals surface area contributed by atoms with Gasteiger partial charge < -0.3 is 10.0 Å². The van der Waals surface area contributed by atoms with Crippen LogP contribution in [0.1, 0.15) is 33.8 Å². The Morgan fingerprint density at radius 2 is 1.91 bits per heavy atom. The number of benzene rings is 3. The lowest BCUT2D eigenvalue weighted by Crippen LogP contribution is -2.32. The van der Waals surface area contributed by atoms with E-state index in [0.29, 0.717) is 21.9 Å². The first-order chi connectivity index (χ1) is 15.3. The maximum Gasteiger partial charge on any atom is 0.255 e. The number of halogens is 2. The van der Waals surface area contributed by atoms with Gasteiger partial charge in [-0.25, -0.2) is 0 Å². The number of likely N-dealkylation sites (N-methyl/N-ethyl adjacent to an activating group) is 1. The maximum atomic E-state index is 13.6. The molecule has 32 heavy (non-hydrogen) atoms. The molecule has 2 unspecified atom stereocenters. The smallest absolute Gasteiger partial charge is 0.255 e. The second kappa shape index (κ2) is 10.5. The molecule has 0 radical (unpaired) electrons. The van der Waals surface area contributed by atoms with Gasteiger partial charge in [-0.15, -0.1) is 0 Å². The summed E-state index contributed by atoms with van der Waals surface area (Å²) in [5.41, 5.74) is 1.33. The summed E-state index contributed by atoms with van der Waals surface area (Å²) in [5.74, 6) is -0.531. The van der Waals surface area contributed by atoms with Crippen molar-refractivity contribution >= 4 is 50.7 Å². The van der Waals surface area contributed by atoms with E-state index in [9.17, 15) is 19.4 Å². The monoisotopic (exact) mass is 488 g/mol. The van der Waals surface area contributed by atoms with Crippen LogP contribution in [0.2, 0.25) is 10.0 Å². The molecular formula is C24H22Cl2N2O3S. The summed E-state index contributed by atoms with van der Waals surface area (Å²) >= 11 is 12.2. The van der Waals surface area contributed by atoms with Gasteiger partial charge in [-0.1, -0.05) is 53.5 Å². The van der Waals surface area contributed by atoms with E-state index in [-0.39, 0.29) is 41.0 Å². The normalized spacial score (nSPS) is 12.9. The zero-order valence-electron chi connectivity index (χ0n) is 17.6. The van der Waals surface area contributed by atoms with Crippen LogP contribution >= 0.6 is 23.2 Å². The number of fused-ring (bicyclic) bond motifs is 1. The average molecular weight is 489 g/mol. The molecule has 2 atom stereocenters. The van der Waals surface area contributed by atoms with Gasteiger partial charge >= 0.3 is 0 Å². The zero-order valence-corrected chi connectivity index (χ0v) is 20.0. The minimum Gasteiger partial charge on any atom is -0.396 e. The summed E-state index contributed by atoms with van der Waals surface area (Å²) in [7, 11) is 0.108. The topological polar surface area (TPSA) is 81.4 Å². The highest BCUT2D eigenvalue weighted by molar-refractivity contribution is 7.84. The Morgan fingerprint density at radius 3 is 2.53 bits per heavy atom. The second-order valence-corrected chi connectivity index (χ2v) is 9.61. The number of hydrogen-bond donors (Lipinski definition) is 1. The number of rotatable bonds is 7. The third-order valence-electron chi connectivity index (χ3n) is 5.36. The highest BCUT2D eigenvalue weighted by atomic mass is 35.5. The van der Waals surface area contributed by atoms with Crippen molar-refractivity contribution in [3.05, 3.63) is 75.3 Å². The molecule has 0 fully saturated rings. The summed E-state index contributed by atoms with van der Waals surface area (Å²) in [5, 5.41) is 21.4. The summed E-state index contributed by atoms with van der Waals surface area (Å²) in [6.45, 7) is 0.224. The van der Waals surface area contributed by atoms with Crippen molar-refractivity contribution in [3.8, 4) is 6.07 Å². The molecular weight excluding hydrogens is 467 g/mol. The van der Waals surface area contributed by atoms with Gasteiger partial charge in [-0.2, -0.15) is 5.26 Å². The molecule has 0 heterocycles. The van der Waals surface area contributed by atoms with E-state index in [1.54, 1.807) is 37.4 Å². The number of nitriles is 1. The number of aliphatic hydroxyl groups is 1. The van der Waals surface area contributed by atoms with Crippen LogP contribution in [0.4, 0.5) is 0 Å². The highest BCUT2D eigenvalue weighted by Gasteiger charge is 2.26. The molecule has 3 aromatic rings. The molecule has 1 N–H and O–H groups in total. The fourth-order valence-electron chi connectivity index (χ4n) is 3.81. The lowest BCUT2D eigenvalue weighted by molar-refractivity contribution is 0.0779. The van der Waals surface area contributed by atoms with E-state index in [2.05, 4.69) is 6.07 Å². The number of carbonyl (C=O) groups excluding carboxylic acids is 1. The van der Waals surface area contributed by atoms with Crippen LogP contribution in [0.25, 0.3) is 10.8 Å². The van der Waals surface area contributed by atoms with Crippen molar-refractivity contribution in [1.82, 2.24) is 4.90 Å². The van der Waals surface area contributed by atoms with E-state index in [1.807, 2.05) is 18.2 Å². The van der Waals surface area contributed by atoms with E-state index < -0.39 is 10.8 Å². The second-order valence-electron chi connectivity index (χ2n) is 7.48.